The van der Waals surface area contributed by atoms with Crippen molar-refractivity contribution in [1.29, 1.82) is 0 Å². The molecule has 1 N–H and O–H groups in total. The van der Waals surface area contributed by atoms with Gasteiger partial charge in [0.25, 0.3) is 6.43 Å². The highest BCUT2D eigenvalue weighted by Crippen LogP contribution is 2.29. The quantitative estimate of drug-likeness (QED) is 0.871. The second kappa shape index (κ2) is 6.87. The van der Waals surface area contributed by atoms with E-state index in [1.807, 2.05) is 0 Å². The first-order valence-corrected chi connectivity index (χ1v) is 7.16. The van der Waals surface area contributed by atoms with Crippen molar-refractivity contribution in [2.45, 2.75) is 19.9 Å². The Morgan fingerprint density at radius 3 is 2.82 bits per heavy atom. The fraction of sp³-hybridized carbons (Fsp3) is 0.286. The first-order chi connectivity index (χ1) is 10.4. The third-order valence-electron chi connectivity index (χ3n) is 3.01. The molecule has 22 heavy (non-hydrogen) atoms. The average molecular weight is 374 g/mol. The summed E-state index contributed by atoms with van der Waals surface area (Å²) in [5.74, 6) is 0.239. The number of carbonyl (C=O) groups is 1. The minimum Gasteiger partial charge on any atom is -0.497 e. The Morgan fingerprint density at radius 1 is 1.50 bits per heavy atom. The minimum atomic E-state index is -2.70. The zero-order valence-electron chi connectivity index (χ0n) is 11.9. The summed E-state index contributed by atoms with van der Waals surface area (Å²) in [6.45, 7) is 1.45. The standard InChI is InChI=1S/C14H14BrF2N3O2/c1-8-12(15)13(14(16)17)19-20(8)7-11(21)18-9-4-3-5-10(6-9)22-2/h3-6,14H,7H2,1-2H3,(H,18,21). The Hall–Kier alpha value is -1.96. The number of carbonyl (C=O) groups excluding carboxylic acids is 1. The van der Waals surface area contributed by atoms with Gasteiger partial charge in [-0.05, 0) is 35.0 Å². The molecule has 0 atom stereocenters. The van der Waals surface area contributed by atoms with Crippen molar-refractivity contribution in [2.24, 2.45) is 0 Å². The van der Waals surface area contributed by atoms with Gasteiger partial charge >= 0.3 is 0 Å². The molecular weight excluding hydrogens is 360 g/mol. The van der Waals surface area contributed by atoms with Crippen LogP contribution in [0.25, 0.3) is 0 Å². The molecule has 0 saturated carbocycles. The van der Waals surface area contributed by atoms with Crippen LogP contribution in [-0.4, -0.2) is 22.8 Å². The zero-order chi connectivity index (χ0) is 16.3. The number of hydrogen-bond acceptors (Lipinski definition) is 3. The summed E-state index contributed by atoms with van der Waals surface area (Å²) in [6, 6.07) is 6.85. The van der Waals surface area contributed by atoms with Gasteiger partial charge < -0.3 is 10.1 Å². The molecule has 5 nitrogen and oxygen atoms in total. The van der Waals surface area contributed by atoms with Crippen LogP contribution >= 0.6 is 15.9 Å². The van der Waals surface area contributed by atoms with E-state index in [2.05, 4.69) is 26.3 Å². The van der Waals surface area contributed by atoms with Crippen LogP contribution in [0.3, 0.4) is 0 Å². The van der Waals surface area contributed by atoms with E-state index in [1.165, 1.54) is 11.8 Å². The van der Waals surface area contributed by atoms with Gasteiger partial charge in [-0.2, -0.15) is 5.10 Å². The highest BCUT2D eigenvalue weighted by Gasteiger charge is 2.21. The molecule has 2 aromatic rings. The third kappa shape index (κ3) is 3.62. The number of halogens is 3. The summed E-state index contributed by atoms with van der Waals surface area (Å²) in [7, 11) is 1.53. The molecule has 8 heteroatoms. The maximum atomic E-state index is 12.8. The lowest BCUT2D eigenvalue weighted by molar-refractivity contribution is -0.117. The van der Waals surface area contributed by atoms with E-state index in [-0.39, 0.29) is 22.6 Å². The van der Waals surface area contributed by atoms with Crippen LogP contribution in [0.1, 0.15) is 17.8 Å². The lowest BCUT2D eigenvalue weighted by Gasteiger charge is -2.08. The van der Waals surface area contributed by atoms with Crippen LogP contribution in [0.15, 0.2) is 28.7 Å². The summed E-state index contributed by atoms with van der Waals surface area (Å²) < 4.78 is 32.1. The van der Waals surface area contributed by atoms with Crippen LogP contribution in [0.4, 0.5) is 14.5 Å². The summed E-state index contributed by atoms with van der Waals surface area (Å²) in [5, 5.41) is 6.43. The first-order valence-electron chi connectivity index (χ1n) is 6.37. The fourth-order valence-corrected chi connectivity index (χ4v) is 2.34. The van der Waals surface area contributed by atoms with E-state index in [9.17, 15) is 13.6 Å². The molecule has 2 rings (SSSR count). The summed E-state index contributed by atoms with van der Waals surface area (Å²) in [4.78, 5) is 12.0. The second-order valence-corrected chi connectivity index (χ2v) is 5.32. The number of benzene rings is 1. The zero-order valence-corrected chi connectivity index (χ0v) is 13.5. The molecule has 0 fully saturated rings. The summed E-state index contributed by atoms with van der Waals surface area (Å²) in [5.41, 5.74) is 0.657. The van der Waals surface area contributed by atoms with Crippen LogP contribution < -0.4 is 10.1 Å². The molecule has 0 radical (unpaired) electrons. The van der Waals surface area contributed by atoms with Crippen LogP contribution in [-0.2, 0) is 11.3 Å². The molecule has 0 spiro atoms. The highest BCUT2D eigenvalue weighted by atomic mass is 79.9. The number of amides is 1. The van der Waals surface area contributed by atoms with Gasteiger partial charge in [-0.3, -0.25) is 9.48 Å². The molecule has 0 aliphatic rings. The maximum Gasteiger partial charge on any atom is 0.283 e. The third-order valence-corrected chi connectivity index (χ3v) is 3.99. The molecule has 0 unspecified atom stereocenters. The van der Waals surface area contributed by atoms with E-state index in [0.29, 0.717) is 17.1 Å². The van der Waals surface area contributed by atoms with Crippen molar-refractivity contribution < 1.29 is 18.3 Å². The predicted octanol–water partition coefficient (Wildman–Crippen LogP) is 3.54. The maximum absolute atomic E-state index is 12.8. The lowest BCUT2D eigenvalue weighted by Crippen LogP contribution is -2.20. The summed E-state index contributed by atoms with van der Waals surface area (Å²) in [6.07, 6.45) is -2.70. The molecule has 1 heterocycles. The van der Waals surface area contributed by atoms with Crippen molar-refractivity contribution in [2.75, 3.05) is 12.4 Å². The Kier molecular flexibility index (Phi) is 5.12. The number of alkyl halides is 2. The van der Waals surface area contributed by atoms with E-state index >= 15 is 0 Å². The highest BCUT2D eigenvalue weighted by molar-refractivity contribution is 9.10. The number of methoxy groups -OCH3 is 1. The lowest BCUT2D eigenvalue weighted by atomic mass is 10.3. The molecule has 0 bridgehead atoms. The number of nitrogens with one attached hydrogen (secondary N) is 1. The van der Waals surface area contributed by atoms with E-state index in [1.54, 1.807) is 31.2 Å². The van der Waals surface area contributed by atoms with Crippen LogP contribution in [0.2, 0.25) is 0 Å². The Morgan fingerprint density at radius 2 is 2.23 bits per heavy atom. The van der Waals surface area contributed by atoms with Gasteiger partial charge in [0.05, 0.1) is 17.3 Å². The molecule has 0 aliphatic heterocycles. The van der Waals surface area contributed by atoms with Crippen LogP contribution in [0.5, 0.6) is 5.75 Å². The number of nitrogens with zero attached hydrogens (tertiary/aromatic N) is 2. The van der Waals surface area contributed by atoms with Crippen molar-refractivity contribution in [1.82, 2.24) is 9.78 Å². The van der Waals surface area contributed by atoms with Crippen molar-refractivity contribution in [3.63, 3.8) is 0 Å². The van der Waals surface area contributed by atoms with Crippen molar-refractivity contribution >= 4 is 27.5 Å². The van der Waals surface area contributed by atoms with Gasteiger partial charge in [-0.1, -0.05) is 6.07 Å². The minimum absolute atomic E-state index is 0.158. The van der Waals surface area contributed by atoms with Gasteiger partial charge in [0.2, 0.25) is 5.91 Å². The SMILES string of the molecule is COc1cccc(NC(=O)Cn2nc(C(F)F)c(Br)c2C)c1. The Balaban J connectivity index is 2.10. The number of hydrogen-bond donors (Lipinski definition) is 1. The predicted molar refractivity (Wildman–Crippen MR) is 81.2 cm³/mol. The first kappa shape index (κ1) is 16.4. The number of ether oxygens (including phenoxy) is 1. The molecule has 118 valence electrons. The normalized spacial score (nSPS) is 10.8. The van der Waals surface area contributed by atoms with E-state index in [0.717, 1.165) is 0 Å². The van der Waals surface area contributed by atoms with Gasteiger partial charge in [0, 0.05) is 11.8 Å². The second-order valence-electron chi connectivity index (χ2n) is 4.52. The molecule has 0 saturated heterocycles. The van der Waals surface area contributed by atoms with E-state index in [4.69, 9.17) is 4.74 Å². The molecule has 1 aromatic heterocycles. The van der Waals surface area contributed by atoms with Crippen molar-refractivity contribution in [3.8, 4) is 5.75 Å². The summed E-state index contributed by atoms with van der Waals surface area (Å²) >= 11 is 3.07. The van der Waals surface area contributed by atoms with Gasteiger partial charge in [0.15, 0.2) is 0 Å². The molecule has 1 aromatic carbocycles. The fourth-order valence-electron chi connectivity index (χ4n) is 1.88. The number of aromatic nitrogens is 2. The average Bonchev–Trinajstić information content (AvgIpc) is 2.76. The van der Waals surface area contributed by atoms with E-state index < -0.39 is 6.43 Å². The smallest absolute Gasteiger partial charge is 0.283 e. The van der Waals surface area contributed by atoms with Crippen molar-refractivity contribution in [3.05, 3.63) is 40.1 Å². The molecule has 0 aliphatic carbocycles. The largest absolute Gasteiger partial charge is 0.497 e. The van der Waals surface area contributed by atoms with Gasteiger partial charge in [-0.15, -0.1) is 0 Å². The Labute approximate surface area is 134 Å². The monoisotopic (exact) mass is 373 g/mol. The Bertz CT molecular complexity index is 689. The number of anilines is 1. The van der Waals surface area contributed by atoms with Crippen LogP contribution in [0, 0.1) is 6.92 Å². The van der Waals surface area contributed by atoms with Gasteiger partial charge in [-0.25, -0.2) is 8.78 Å². The number of rotatable bonds is 5. The van der Waals surface area contributed by atoms with Gasteiger partial charge in [0.1, 0.15) is 18.0 Å². The molecular formula is C14H14BrF2N3O2. The molecule has 1 amide bonds. The topological polar surface area (TPSA) is 56.1 Å².